The van der Waals surface area contributed by atoms with E-state index >= 15 is 0 Å². The minimum absolute atomic E-state index is 0.277. The number of aromatic nitrogens is 2. The highest BCUT2D eigenvalue weighted by molar-refractivity contribution is 5.79. The molecule has 0 radical (unpaired) electrons. The van der Waals surface area contributed by atoms with E-state index in [4.69, 9.17) is 9.47 Å². The highest BCUT2D eigenvalue weighted by atomic mass is 16.5. The van der Waals surface area contributed by atoms with E-state index in [1.807, 2.05) is 6.92 Å². The van der Waals surface area contributed by atoms with Crippen LogP contribution in [0.15, 0.2) is 0 Å². The third kappa shape index (κ3) is 2.64. The summed E-state index contributed by atoms with van der Waals surface area (Å²) in [7, 11) is 4.81. The molecule has 7 heteroatoms. The highest BCUT2D eigenvalue weighted by Crippen LogP contribution is 2.33. The molecule has 112 valence electrons. The van der Waals surface area contributed by atoms with Gasteiger partial charge in [-0.15, -0.1) is 0 Å². The van der Waals surface area contributed by atoms with Crippen molar-refractivity contribution in [1.82, 2.24) is 20.0 Å². The highest BCUT2D eigenvalue weighted by Gasteiger charge is 2.35. The van der Waals surface area contributed by atoms with Gasteiger partial charge in [0.25, 0.3) is 0 Å². The molecule has 0 saturated carbocycles. The first-order chi connectivity index (χ1) is 9.60. The van der Waals surface area contributed by atoms with Gasteiger partial charge in [0, 0.05) is 33.2 Å². The molecule has 1 saturated heterocycles. The Kier molecular flexibility index (Phi) is 4.61. The van der Waals surface area contributed by atoms with Crippen LogP contribution in [0.5, 0.6) is 5.88 Å². The number of esters is 1. The van der Waals surface area contributed by atoms with Crippen molar-refractivity contribution in [2.45, 2.75) is 13.0 Å². The predicted molar refractivity (Wildman–Crippen MR) is 73.7 cm³/mol. The van der Waals surface area contributed by atoms with Crippen LogP contribution in [-0.2, 0) is 16.6 Å². The summed E-state index contributed by atoms with van der Waals surface area (Å²) in [5.41, 5.74) is 1.59. The van der Waals surface area contributed by atoms with E-state index in [0.29, 0.717) is 5.88 Å². The maximum absolute atomic E-state index is 12.3. The number of nitrogens with one attached hydrogen (secondary N) is 1. The maximum atomic E-state index is 12.3. The lowest BCUT2D eigenvalue weighted by Gasteiger charge is -2.33. The fourth-order valence-electron chi connectivity index (χ4n) is 2.71. The topological polar surface area (TPSA) is 68.6 Å². The normalized spacial score (nSPS) is 17.8. The van der Waals surface area contributed by atoms with Crippen LogP contribution in [0, 0.1) is 6.92 Å². The second kappa shape index (κ2) is 6.23. The van der Waals surface area contributed by atoms with Gasteiger partial charge in [0.1, 0.15) is 6.04 Å². The molecule has 0 aromatic carbocycles. The van der Waals surface area contributed by atoms with E-state index in [9.17, 15) is 4.79 Å². The Morgan fingerprint density at radius 3 is 2.55 bits per heavy atom. The van der Waals surface area contributed by atoms with Gasteiger partial charge in [-0.25, -0.2) is 9.48 Å². The molecule has 1 fully saturated rings. The molecule has 1 aromatic rings. The fourth-order valence-corrected chi connectivity index (χ4v) is 2.71. The smallest absolute Gasteiger partial charge is 0.328 e. The molecule has 1 aliphatic heterocycles. The number of aryl methyl sites for hydroxylation is 2. The number of piperazine rings is 1. The zero-order chi connectivity index (χ0) is 14.7. The van der Waals surface area contributed by atoms with Crippen LogP contribution in [0.25, 0.3) is 0 Å². The number of nitrogens with zero attached hydrogens (tertiary/aromatic N) is 3. The minimum Gasteiger partial charge on any atom is -0.481 e. The molecule has 1 aliphatic rings. The summed E-state index contributed by atoms with van der Waals surface area (Å²) in [5.74, 6) is 0.331. The number of rotatable bonds is 4. The molecular weight excluding hydrogens is 260 g/mol. The van der Waals surface area contributed by atoms with Crippen molar-refractivity contribution < 1.29 is 14.3 Å². The van der Waals surface area contributed by atoms with Gasteiger partial charge in [-0.2, -0.15) is 5.10 Å². The molecule has 7 nitrogen and oxygen atoms in total. The summed E-state index contributed by atoms with van der Waals surface area (Å²) in [6, 6.07) is -0.467. The molecular formula is C13H22N4O3. The Labute approximate surface area is 118 Å². The Balaban J connectivity index is 2.43. The zero-order valence-electron chi connectivity index (χ0n) is 12.5. The summed E-state index contributed by atoms with van der Waals surface area (Å²) < 4.78 is 12.1. The van der Waals surface area contributed by atoms with Crippen molar-refractivity contribution in [3.05, 3.63) is 11.3 Å². The molecule has 0 amide bonds. The molecule has 1 aromatic heterocycles. The Hall–Kier alpha value is -1.60. The molecule has 0 aliphatic carbocycles. The van der Waals surface area contributed by atoms with Gasteiger partial charge in [0.15, 0.2) is 0 Å². The lowest BCUT2D eigenvalue weighted by Crippen LogP contribution is -2.47. The molecule has 1 N–H and O–H groups in total. The van der Waals surface area contributed by atoms with Gasteiger partial charge >= 0.3 is 5.97 Å². The van der Waals surface area contributed by atoms with Crippen molar-refractivity contribution in [2.24, 2.45) is 7.05 Å². The van der Waals surface area contributed by atoms with E-state index in [2.05, 4.69) is 15.3 Å². The average molecular weight is 282 g/mol. The molecule has 0 spiro atoms. The van der Waals surface area contributed by atoms with Crippen LogP contribution in [0.3, 0.4) is 0 Å². The Morgan fingerprint density at radius 2 is 2.00 bits per heavy atom. The molecule has 20 heavy (non-hydrogen) atoms. The summed E-state index contributed by atoms with van der Waals surface area (Å²) in [6.07, 6.45) is 0. The number of methoxy groups -OCH3 is 2. The standard InChI is InChI=1S/C13H22N4O3/c1-9-10(12(19-3)16(2)15-9)11(13(18)20-4)17-7-5-14-6-8-17/h11,14H,5-8H2,1-4H3. The van der Waals surface area contributed by atoms with Gasteiger partial charge in [0.2, 0.25) is 5.88 Å². The lowest BCUT2D eigenvalue weighted by molar-refractivity contribution is -0.147. The van der Waals surface area contributed by atoms with Crippen LogP contribution in [0.1, 0.15) is 17.3 Å². The summed E-state index contributed by atoms with van der Waals surface area (Å²) in [5, 5.41) is 7.64. The second-order valence-corrected chi connectivity index (χ2v) is 4.84. The van der Waals surface area contributed by atoms with Crippen molar-refractivity contribution in [1.29, 1.82) is 0 Å². The van der Waals surface area contributed by atoms with Gasteiger partial charge in [-0.3, -0.25) is 4.90 Å². The number of carbonyl (C=O) groups is 1. The van der Waals surface area contributed by atoms with Crippen molar-refractivity contribution in [3.8, 4) is 5.88 Å². The third-order valence-corrected chi connectivity index (χ3v) is 3.62. The quantitative estimate of drug-likeness (QED) is 0.775. The van der Waals surface area contributed by atoms with Crippen LogP contribution in [0.2, 0.25) is 0 Å². The van der Waals surface area contributed by atoms with Crippen molar-refractivity contribution >= 4 is 5.97 Å². The van der Waals surface area contributed by atoms with E-state index in [1.165, 1.54) is 7.11 Å². The first-order valence-corrected chi connectivity index (χ1v) is 6.70. The number of hydrogen-bond donors (Lipinski definition) is 1. The summed E-state index contributed by atoms with van der Waals surface area (Å²) in [4.78, 5) is 14.4. The second-order valence-electron chi connectivity index (χ2n) is 4.84. The van der Waals surface area contributed by atoms with Gasteiger partial charge in [-0.1, -0.05) is 0 Å². The van der Waals surface area contributed by atoms with Gasteiger partial charge in [-0.05, 0) is 6.92 Å². The first kappa shape index (κ1) is 14.8. The maximum Gasteiger partial charge on any atom is 0.328 e. The summed E-state index contributed by atoms with van der Waals surface area (Å²) >= 11 is 0. The Morgan fingerprint density at radius 1 is 1.35 bits per heavy atom. The van der Waals surface area contributed by atoms with E-state index in [0.717, 1.165) is 37.4 Å². The zero-order valence-corrected chi connectivity index (χ0v) is 12.5. The fraction of sp³-hybridized carbons (Fsp3) is 0.692. The van der Waals surface area contributed by atoms with Crippen LogP contribution >= 0.6 is 0 Å². The average Bonchev–Trinajstić information content (AvgIpc) is 2.74. The first-order valence-electron chi connectivity index (χ1n) is 6.70. The molecule has 0 bridgehead atoms. The van der Waals surface area contributed by atoms with Crippen molar-refractivity contribution in [3.63, 3.8) is 0 Å². The monoisotopic (exact) mass is 282 g/mol. The number of ether oxygens (including phenoxy) is 2. The number of carbonyl (C=O) groups excluding carboxylic acids is 1. The van der Waals surface area contributed by atoms with Crippen LogP contribution in [0.4, 0.5) is 0 Å². The predicted octanol–water partition coefficient (Wildman–Crippen LogP) is -0.144. The minimum atomic E-state index is -0.467. The van der Waals surface area contributed by atoms with Crippen molar-refractivity contribution in [2.75, 3.05) is 40.4 Å². The largest absolute Gasteiger partial charge is 0.481 e. The van der Waals surface area contributed by atoms with Crippen LogP contribution in [-0.4, -0.2) is 61.0 Å². The Bertz CT molecular complexity index is 480. The third-order valence-electron chi connectivity index (χ3n) is 3.62. The van der Waals surface area contributed by atoms with E-state index in [-0.39, 0.29) is 5.97 Å². The lowest BCUT2D eigenvalue weighted by atomic mass is 10.0. The van der Waals surface area contributed by atoms with Crippen LogP contribution < -0.4 is 10.1 Å². The van der Waals surface area contributed by atoms with Gasteiger partial charge in [0.05, 0.1) is 25.5 Å². The summed E-state index contributed by atoms with van der Waals surface area (Å²) in [6.45, 7) is 5.18. The van der Waals surface area contributed by atoms with Gasteiger partial charge < -0.3 is 14.8 Å². The molecule has 1 atom stereocenters. The van der Waals surface area contributed by atoms with E-state index in [1.54, 1.807) is 18.8 Å². The molecule has 2 heterocycles. The SMILES string of the molecule is COC(=O)C(c1c(C)nn(C)c1OC)N1CCNCC1. The molecule has 1 unspecified atom stereocenters. The van der Waals surface area contributed by atoms with E-state index < -0.39 is 6.04 Å². The number of hydrogen-bond acceptors (Lipinski definition) is 6. The molecule has 2 rings (SSSR count).